The molecule has 2 aromatic carbocycles. The summed E-state index contributed by atoms with van der Waals surface area (Å²) in [6.07, 6.45) is 1.24. The van der Waals surface area contributed by atoms with Gasteiger partial charge in [-0.15, -0.1) is 0 Å². The van der Waals surface area contributed by atoms with Gasteiger partial charge >= 0.3 is 12.1 Å². The average Bonchev–Trinajstić information content (AvgIpc) is 3.24. The molecule has 2 N–H and O–H groups in total. The fourth-order valence-corrected chi connectivity index (χ4v) is 6.86. The lowest BCUT2D eigenvalue weighted by Crippen LogP contribution is -2.32. The fraction of sp³-hybridized carbons (Fsp3) is 0.500. The molecule has 4 rings (SSSR count). The van der Waals surface area contributed by atoms with E-state index in [9.17, 15) is 27.6 Å². The van der Waals surface area contributed by atoms with Crippen molar-refractivity contribution in [2.75, 3.05) is 65.9 Å². The van der Waals surface area contributed by atoms with Crippen LogP contribution in [0.1, 0.15) is 104 Å². The first-order valence-corrected chi connectivity index (χ1v) is 21.6. The third-order valence-electron chi connectivity index (χ3n) is 9.96. The van der Waals surface area contributed by atoms with Crippen LogP contribution in [0.3, 0.4) is 0 Å². The van der Waals surface area contributed by atoms with Crippen molar-refractivity contribution >= 4 is 23.4 Å². The Hall–Kier alpha value is -5.09. The van der Waals surface area contributed by atoms with Gasteiger partial charge in [0.2, 0.25) is 0 Å². The Morgan fingerprint density at radius 3 is 2.05 bits per heavy atom. The number of nitrogens with zero attached hydrogens (tertiary/aromatic N) is 2. The van der Waals surface area contributed by atoms with Gasteiger partial charge in [-0.05, 0) is 107 Å². The largest absolute Gasteiger partial charge is 0.460 e. The van der Waals surface area contributed by atoms with E-state index in [4.69, 9.17) is 23.7 Å². The highest BCUT2D eigenvalue weighted by atomic mass is 19.4. The summed E-state index contributed by atoms with van der Waals surface area (Å²) in [6.45, 7) is 16.6. The molecule has 0 saturated heterocycles. The Kier molecular flexibility index (Phi) is 20.3. The zero-order valence-corrected chi connectivity index (χ0v) is 37.4. The molecule has 15 heteroatoms. The minimum Gasteiger partial charge on any atom is -0.460 e. The molecule has 12 nitrogen and oxygen atoms in total. The van der Waals surface area contributed by atoms with E-state index in [1.807, 2.05) is 45.0 Å². The summed E-state index contributed by atoms with van der Waals surface area (Å²) < 4.78 is 67.2. The van der Waals surface area contributed by atoms with E-state index < -0.39 is 23.2 Å². The lowest BCUT2D eigenvalue weighted by Gasteiger charge is -2.33. The molecule has 1 aliphatic rings. The maximum Gasteiger partial charge on any atom is 0.416 e. The summed E-state index contributed by atoms with van der Waals surface area (Å²) in [7, 11) is 0. The summed E-state index contributed by atoms with van der Waals surface area (Å²) in [5.41, 5.74) is 3.73. The normalized spacial score (nSPS) is 14.3. The zero-order valence-electron chi connectivity index (χ0n) is 37.4. The third kappa shape index (κ3) is 17.5. The molecule has 1 aromatic heterocycles. The first-order chi connectivity index (χ1) is 30.1. The van der Waals surface area contributed by atoms with Crippen LogP contribution in [0.25, 0.3) is 5.57 Å². The summed E-state index contributed by atoms with van der Waals surface area (Å²) in [6, 6.07) is 15.5. The summed E-state index contributed by atoms with van der Waals surface area (Å²) in [4.78, 5) is 45.6. The second kappa shape index (κ2) is 25.3. The molecule has 0 bridgehead atoms. The van der Waals surface area contributed by atoms with Crippen LogP contribution in [0, 0.1) is 5.92 Å². The number of aryl methyl sites for hydroxylation is 1. The maximum absolute atomic E-state index is 13.8. The predicted octanol–water partition coefficient (Wildman–Crippen LogP) is 8.17. The number of amides is 2. The number of benzene rings is 2. The molecular weight excluding hydrogens is 818 g/mol. The van der Waals surface area contributed by atoms with Gasteiger partial charge in [0.15, 0.2) is 0 Å². The standard InChI is InChI=1S/C48H63F3N4O8/c1-7-55(8-2)43-32-40(41-31-38(17-19-52-41)45(57)53-33-36-13-10-16-39(30-36)48(49,50)51)42(28-34(43)3)54-46(58)37-15-9-12-35(29-37)14-11-20-59-22-24-61-26-27-62-25-23-60-21-18-44(56)63-47(4,5)6/h9-10,12-13,15-17,19,29-32,34H,7-8,11,14,18,20-28,33H2,1-6H3,(H,53,57)(H,54,58). The van der Waals surface area contributed by atoms with Gasteiger partial charge < -0.3 is 39.2 Å². The molecule has 1 unspecified atom stereocenters. The first-order valence-electron chi connectivity index (χ1n) is 21.6. The van der Waals surface area contributed by atoms with Gasteiger partial charge in [0.05, 0.1) is 63.9 Å². The van der Waals surface area contributed by atoms with Crippen LogP contribution in [0.2, 0.25) is 0 Å². The van der Waals surface area contributed by atoms with Gasteiger partial charge in [0.1, 0.15) is 5.60 Å². The number of rotatable bonds is 25. The van der Waals surface area contributed by atoms with Gasteiger partial charge in [-0.25, -0.2) is 0 Å². The molecule has 0 fully saturated rings. The van der Waals surface area contributed by atoms with Crippen LogP contribution >= 0.6 is 0 Å². The van der Waals surface area contributed by atoms with Crippen molar-refractivity contribution in [2.45, 2.75) is 85.5 Å². The van der Waals surface area contributed by atoms with Gasteiger partial charge in [-0.3, -0.25) is 19.4 Å². The van der Waals surface area contributed by atoms with Crippen LogP contribution in [0.5, 0.6) is 0 Å². The van der Waals surface area contributed by atoms with Crippen molar-refractivity contribution in [1.29, 1.82) is 0 Å². The van der Waals surface area contributed by atoms with E-state index in [2.05, 4.69) is 41.3 Å². The molecule has 63 heavy (non-hydrogen) atoms. The number of ether oxygens (including phenoxy) is 5. The van der Waals surface area contributed by atoms with Crippen molar-refractivity contribution in [2.24, 2.45) is 5.92 Å². The smallest absolute Gasteiger partial charge is 0.416 e. The lowest BCUT2D eigenvalue weighted by molar-refractivity contribution is -0.156. The van der Waals surface area contributed by atoms with Crippen molar-refractivity contribution in [3.05, 3.63) is 118 Å². The van der Waals surface area contributed by atoms with Gasteiger partial charge in [-0.2, -0.15) is 13.2 Å². The monoisotopic (exact) mass is 880 g/mol. The third-order valence-corrected chi connectivity index (χ3v) is 9.96. The first kappa shape index (κ1) is 50.6. The van der Waals surface area contributed by atoms with Crippen molar-refractivity contribution < 1.29 is 51.2 Å². The topological polar surface area (TPSA) is 138 Å². The van der Waals surface area contributed by atoms with Crippen molar-refractivity contribution in [1.82, 2.24) is 20.5 Å². The van der Waals surface area contributed by atoms with Gasteiger partial charge in [0.25, 0.3) is 11.8 Å². The average molecular weight is 881 g/mol. The fourth-order valence-electron chi connectivity index (χ4n) is 6.86. The van der Waals surface area contributed by atoms with E-state index in [0.29, 0.717) is 87.2 Å². The number of pyridine rings is 1. The SMILES string of the molecule is CCN(CC)C1=CC(c2cc(C(=O)NCc3cccc(C(F)(F)F)c3)ccn2)=C(NC(=O)c2cccc(CCCOCCOCCOCCOCCC(=O)OC(C)(C)C)c2)CC1C. The van der Waals surface area contributed by atoms with E-state index in [1.165, 1.54) is 18.3 Å². The number of nitrogens with one attached hydrogen (secondary N) is 2. The molecule has 0 radical (unpaired) electrons. The number of halogens is 3. The van der Waals surface area contributed by atoms with E-state index >= 15 is 0 Å². The molecule has 2 amide bonds. The Balaban J connectivity index is 1.27. The van der Waals surface area contributed by atoms with Crippen LogP contribution in [-0.4, -0.2) is 99.2 Å². The molecule has 0 aliphatic heterocycles. The minimum atomic E-state index is -4.49. The summed E-state index contributed by atoms with van der Waals surface area (Å²) >= 11 is 0. The van der Waals surface area contributed by atoms with Crippen molar-refractivity contribution in [3.8, 4) is 0 Å². The number of hydrogen-bond donors (Lipinski definition) is 2. The number of esters is 1. The highest BCUT2D eigenvalue weighted by Crippen LogP contribution is 2.35. The van der Waals surface area contributed by atoms with Crippen LogP contribution in [-0.2, 0) is 47.6 Å². The molecule has 1 heterocycles. The second-order valence-electron chi connectivity index (χ2n) is 16.1. The Morgan fingerprint density at radius 1 is 0.778 bits per heavy atom. The molecule has 3 aromatic rings. The Morgan fingerprint density at radius 2 is 1.40 bits per heavy atom. The minimum absolute atomic E-state index is 0.0858. The summed E-state index contributed by atoms with van der Waals surface area (Å²) in [5.74, 6) is -0.940. The second-order valence-corrected chi connectivity index (χ2v) is 16.1. The number of carbonyl (C=O) groups is 3. The van der Waals surface area contributed by atoms with Crippen LogP contribution in [0.15, 0.2) is 84.3 Å². The molecule has 1 atom stereocenters. The van der Waals surface area contributed by atoms with Gasteiger partial charge in [0, 0.05) is 66.4 Å². The molecule has 0 spiro atoms. The molecule has 0 saturated carbocycles. The number of hydrogen-bond acceptors (Lipinski definition) is 10. The van der Waals surface area contributed by atoms with E-state index in [-0.39, 0.29) is 42.9 Å². The zero-order chi connectivity index (χ0) is 45.8. The Labute approximate surface area is 369 Å². The summed E-state index contributed by atoms with van der Waals surface area (Å²) in [5, 5.41) is 5.88. The van der Waals surface area contributed by atoms with E-state index in [1.54, 1.807) is 18.2 Å². The molecule has 344 valence electrons. The van der Waals surface area contributed by atoms with Crippen molar-refractivity contribution in [3.63, 3.8) is 0 Å². The predicted molar refractivity (Wildman–Crippen MR) is 235 cm³/mol. The highest BCUT2D eigenvalue weighted by molar-refractivity contribution is 5.98. The highest BCUT2D eigenvalue weighted by Gasteiger charge is 2.30. The molecule has 1 aliphatic carbocycles. The molecular formula is C48H63F3N4O8. The van der Waals surface area contributed by atoms with E-state index in [0.717, 1.165) is 42.9 Å². The Bertz CT molecular complexity index is 2010. The lowest BCUT2D eigenvalue weighted by atomic mass is 9.88. The number of allylic oxidation sites excluding steroid dienone is 4. The number of alkyl halides is 3. The van der Waals surface area contributed by atoms with Crippen LogP contribution in [0.4, 0.5) is 13.2 Å². The van der Waals surface area contributed by atoms with Crippen LogP contribution < -0.4 is 10.6 Å². The van der Waals surface area contributed by atoms with Gasteiger partial charge in [-0.1, -0.05) is 31.2 Å². The maximum atomic E-state index is 13.8. The number of aromatic nitrogens is 1. The number of carbonyl (C=O) groups excluding carboxylic acids is 3. The quantitative estimate of drug-likeness (QED) is 0.0634.